The van der Waals surface area contributed by atoms with E-state index in [1.54, 1.807) is 7.05 Å². The lowest BCUT2D eigenvalue weighted by atomic mass is 10.0. The molecule has 0 aromatic heterocycles. The Morgan fingerprint density at radius 2 is 1.75 bits per heavy atom. The van der Waals surface area contributed by atoms with Crippen LogP contribution in [-0.2, 0) is 17.5 Å². The first-order chi connectivity index (χ1) is 9.12. The summed E-state index contributed by atoms with van der Waals surface area (Å²) in [5.74, 6) is -0.211. The molecule has 1 atom stereocenters. The molecule has 0 radical (unpaired) electrons. The molecule has 0 aliphatic rings. The molecule has 0 saturated heterocycles. The van der Waals surface area contributed by atoms with E-state index in [0.29, 0.717) is 5.56 Å². The summed E-state index contributed by atoms with van der Waals surface area (Å²) in [4.78, 5) is 13.4. The highest BCUT2D eigenvalue weighted by molar-refractivity contribution is 5.81. The minimum Gasteiger partial charge on any atom is -0.340 e. The molecule has 0 fully saturated rings. The molecule has 3 nitrogen and oxygen atoms in total. The van der Waals surface area contributed by atoms with Crippen LogP contribution in [0.3, 0.4) is 0 Å². The van der Waals surface area contributed by atoms with Gasteiger partial charge in [0.25, 0.3) is 0 Å². The molecule has 0 bridgehead atoms. The number of likely N-dealkylation sites (N-methyl/N-ethyl adjacent to an activating group) is 1. The smallest absolute Gasteiger partial charge is 0.340 e. The molecule has 112 valence electrons. The van der Waals surface area contributed by atoms with Crippen LogP contribution in [0.15, 0.2) is 24.3 Å². The van der Waals surface area contributed by atoms with E-state index in [1.165, 1.54) is 17.0 Å². The largest absolute Gasteiger partial charge is 0.416 e. The standard InChI is InChI=1S/C14H19F3N2O/c1-9(2)12(18)13(20)19(3)8-10-4-6-11(7-5-10)14(15,16)17/h4-7,9,12H,8,18H2,1-3H3/t12-/m1/s1. The summed E-state index contributed by atoms with van der Waals surface area (Å²) in [6, 6.07) is 4.15. The molecule has 20 heavy (non-hydrogen) atoms. The molecule has 0 unspecified atom stereocenters. The van der Waals surface area contributed by atoms with Gasteiger partial charge in [-0.1, -0.05) is 26.0 Å². The molecule has 0 heterocycles. The number of carbonyl (C=O) groups excluding carboxylic acids is 1. The second kappa shape index (κ2) is 6.26. The van der Waals surface area contributed by atoms with E-state index in [-0.39, 0.29) is 18.4 Å². The third-order valence-corrected chi connectivity index (χ3v) is 3.08. The lowest BCUT2D eigenvalue weighted by molar-refractivity contribution is -0.137. The number of rotatable bonds is 4. The van der Waals surface area contributed by atoms with Crippen LogP contribution < -0.4 is 5.73 Å². The van der Waals surface area contributed by atoms with Crippen molar-refractivity contribution in [3.05, 3.63) is 35.4 Å². The van der Waals surface area contributed by atoms with E-state index in [2.05, 4.69) is 0 Å². The quantitative estimate of drug-likeness (QED) is 0.926. The average Bonchev–Trinajstić information content (AvgIpc) is 2.36. The van der Waals surface area contributed by atoms with Gasteiger partial charge < -0.3 is 10.6 Å². The SMILES string of the molecule is CC(C)[C@@H](N)C(=O)N(C)Cc1ccc(C(F)(F)F)cc1. The molecule has 1 amide bonds. The van der Waals surface area contributed by atoms with E-state index in [4.69, 9.17) is 5.73 Å². The fourth-order valence-corrected chi connectivity index (χ4v) is 1.69. The molecule has 2 N–H and O–H groups in total. The van der Waals surface area contributed by atoms with Crippen molar-refractivity contribution in [2.24, 2.45) is 11.7 Å². The van der Waals surface area contributed by atoms with Crippen LogP contribution in [0.25, 0.3) is 0 Å². The van der Waals surface area contributed by atoms with E-state index < -0.39 is 17.8 Å². The summed E-state index contributed by atoms with van der Waals surface area (Å²) >= 11 is 0. The first kappa shape index (κ1) is 16.5. The topological polar surface area (TPSA) is 46.3 Å². The zero-order chi connectivity index (χ0) is 15.5. The number of alkyl halides is 3. The van der Waals surface area contributed by atoms with Gasteiger partial charge in [-0.25, -0.2) is 0 Å². The van der Waals surface area contributed by atoms with Crippen molar-refractivity contribution in [2.75, 3.05) is 7.05 Å². The normalized spacial score (nSPS) is 13.4. The predicted molar refractivity (Wildman–Crippen MR) is 70.7 cm³/mol. The van der Waals surface area contributed by atoms with Crippen molar-refractivity contribution in [3.8, 4) is 0 Å². The Balaban J connectivity index is 2.72. The van der Waals surface area contributed by atoms with Gasteiger partial charge in [0.05, 0.1) is 11.6 Å². The van der Waals surface area contributed by atoms with Gasteiger partial charge in [0.15, 0.2) is 0 Å². The molecule has 0 aliphatic heterocycles. The number of hydrogen-bond donors (Lipinski definition) is 1. The molecule has 1 aromatic carbocycles. The Bertz CT molecular complexity index is 454. The van der Waals surface area contributed by atoms with Crippen molar-refractivity contribution in [3.63, 3.8) is 0 Å². The minimum absolute atomic E-state index is 0.0116. The minimum atomic E-state index is -4.35. The van der Waals surface area contributed by atoms with Crippen LogP contribution in [0.5, 0.6) is 0 Å². The number of nitrogens with zero attached hydrogens (tertiary/aromatic N) is 1. The second-order valence-electron chi connectivity index (χ2n) is 5.16. The van der Waals surface area contributed by atoms with Gasteiger partial charge in [-0.3, -0.25) is 4.79 Å². The van der Waals surface area contributed by atoms with Crippen LogP contribution in [-0.4, -0.2) is 23.9 Å². The van der Waals surface area contributed by atoms with E-state index in [9.17, 15) is 18.0 Å². The summed E-state index contributed by atoms with van der Waals surface area (Å²) in [5.41, 5.74) is 5.69. The monoisotopic (exact) mass is 288 g/mol. The first-order valence-corrected chi connectivity index (χ1v) is 6.29. The molecule has 0 saturated carbocycles. The summed E-state index contributed by atoms with van der Waals surface area (Å²) < 4.78 is 37.3. The van der Waals surface area contributed by atoms with Gasteiger partial charge in [0, 0.05) is 13.6 Å². The van der Waals surface area contributed by atoms with Crippen molar-refractivity contribution in [1.82, 2.24) is 4.90 Å². The maximum atomic E-state index is 12.4. The van der Waals surface area contributed by atoms with Crippen LogP contribution >= 0.6 is 0 Å². The Hall–Kier alpha value is -1.56. The predicted octanol–water partition coefficient (Wildman–Crippen LogP) is 2.65. The van der Waals surface area contributed by atoms with Crippen molar-refractivity contribution >= 4 is 5.91 Å². The highest BCUT2D eigenvalue weighted by atomic mass is 19.4. The van der Waals surface area contributed by atoms with Gasteiger partial charge in [-0.2, -0.15) is 13.2 Å². The Labute approximate surface area is 116 Å². The van der Waals surface area contributed by atoms with Crippen LogP contribution in [0, 0.1) is 5.92 Å². The lowest BCUT2D eigenvalue weighted by Crippen LogP contribution is -2.44. The van der Waals surface area contributed by atoms with Crippen LogP contribution in [0.4, 0.5) is 13.2 Å². The van der Waals surface area contributed by atoms with E-state index in [0.717, 1.165) is 12.1 Å². The fraction of sp³-hybridized carbons (Fsp3) is 0.500. The molecule has 1 rings (SSSR count). The third kappa shape index (κ3) is 4.23. The highest BCUT2D eigenvalue weighted by Crippen LogP contribution is 2.29. The number of hydrogen-bond acceptors (Lipinski definition) is 2. The van der Waals surface area contributed by atoms with Crippen molar-refractivity contribution in [1.29, 1.82) is 0 Å². The fourth-order valence-electron chi connectivity index (χ4n) is 1.69. The molecular formula is C14H19F3N2O. The maximum Gasteiger partial charge on any atom is 0.416 e. The molecule has 0 aliphatic carbocycles. The summed E-state index contributed by atoms with van der Waals surface area (Å²) in [7, 11) is 1.59. The van der Waals surface area contributed by atoms with Gasteiger partial charge >= 0.3 is 6.18 Å². The number of carbonyl (C=O) groups is 1. The summed E-state index contributed by atoms with van der Waals surface area (Å²) in [5, 5.41) is 0. The van der Waals surface area contributed by atoms with Gasteiger partial charge in [0.1, 0.15) is 0 Å². The molecule has 0 spiro atoms. The van der Waals surface area contributed by atoms with Crippen molar-refractivity contribution < 1.29 is 18.0 Å². The zero-order valence-corrected chi connectivity index (χ0v) is 11.7. The Morgan fingerprint density at radius 3 is 2.15 bits per heavy atom. The number of nitrogens with two attached hydrogens (primary N) is 1. The number of amides is 1. The van der Waals surface area contributed by atoms with Crippen LogP contribution in [0.1, 0.15) is 25.0 Å². The molecular weight excluding hydrogens is 269 g/mol. The number of halogens is 3. The molecule has 1 aromatic rings. The van der Waals surface area contributed by atoms with E-state index in [1.807, 2.05) is 13.8 Å². The van der Waals surface area contributed by atoms with Crippen molar-refractivity contribution in [2.45, 2.75) is 32.6 Å². The van der Waals surface area contributed by atoms with Crippen LogP contribution in [0.2, 0.25) is 0 Å². The van der Waals surface area contributed by atoms with E-state index >= 15 is 0 Å². The second-order valence-corrected chi connectivity index (χ2v) is 5.16. The van der Waals surface area contributed by atoms with Gasteiger partial charge in [-0.05, 0) is 23.6 Å². The third-order valence-electron chi connectivity index (χ3n) is 3.08. The Morgan fingerprint density at radius 1 is 1.25 bits per heavy atom. The maximum absolute atomic E-state index is 12.4. The zero-order valence-electron chi connectivity index (χ0n) is 11.7. The Kier molecular flexibility index (Phi) is 5.16. The van der Waals surface area contributed by atoms with Gasteiger partial charge in [0.2, 0.25) is 5.91 Å². The number of benzene rings is 1. The van der Waals surface area contributed by atoms with Gasteiger partial charge in [-0.15, -0.1) is 0 Å². The lowest BCUT2D eigenvalue weighted by Gasteiger charge is -2.23. The summed E-state index contributed by atoms with van der Waals surface area (Å²) in [6.07, 6.45) is -4.35. The summed E-state index contributed by atoms with van der Waals surface area (Å²) in [6.45, 7) is 3.92. The first-order valence-electron chi connectivity index (χ1n) is 6.29. The average molecular weight is 288 g/mol. The highest BCUT2D eigenvalue weighted by Gasteiger charge is 2.30. The molecule has 6 heteroatoms.